The van der Waals surface area contributed by atoms with Crippen LogP contribution < -0.4 is 5.32 Å². The van der Waals surface area contributed by atoms with Crippen molar-refractivity contribution in [1.29, 1.82) is 0 Å². The van der Waals surface area contributed by atoms with Crippen molar-refractivity contribution < 1.29 is 9.90 Å². The van der Waals surface area contributed by atoms with Gasteiger partial charge in [-0.05, 0) is 40.9 Å². The second kappa shape index (κ2) is 5.60. The lowest BCUT2D eigenvalue weighted by Gasteiger charge is -2.28. The average Bonchev–Trinajstić information content (AvgIpc) is 2.32. The van der Waals surface area contributed by atoms with Gasteiger partial charge in [-0.25, -0.2) is 4.98 Å². The Balaban J connectivity index is 2.01. The largest absolute Gasteiger partial charge is 0.391 e. The molecule has 1 aliphatic carbocycles. The number of aliphatic hydroxyl groups is 1. The molecular formula is C12H15BrN2O2. The van der Waals surface area contributed by atoms with Gasteiger partial charge in [0.1, 0.15) is 4.60 Å². The Labute approximate surface area is 109 Å². The van der Waals surface area contributed by atoms with Crippen LogP contribution in [0.3, 0.4) is 0 Å². The standard InChI is InChI=1S/C12H15BrN2O2/c13-11-7-8(5-6-14-11)12(17)15-9-3-1-2-4-10(9)16/h5-7,9-10,16H,1-4H2,(H,15,17)/t9-,10-/m0/s1. The number of hydrogen-bond acceptors (Lipinski definition) is 3. The maximum absolute atomic E-state index is 11.9. The lowest BCUT2D eigenvalue weighted by molar-refractivity contribution is 0.0717. The van der Waals surface area contributed by atoms with E-state index in [1.54, 1.807) is 18.3 Å². The van der Waals surface area contributed by atoms with Crippen molar-refractivity contribution in [3.63, 3.8) is 0 Å². The summed E-state index contributed by atoms with van der Waals surface area (Å²) < 4.78 is 0.634. The molecule has 1 aromatic heterocycles. The normalized spacial score (nSPS) is 24.4. The van der Waals surface area contributed by atoms with E-state index in [2.05, 4.69) is 26.2 Å². The summed E-state index contributed by atoms with van der Waals surface area (Å²) in [5, 5.41) is 12.7. The number of pyridine rings is 1. The second-order valence-electron chi connectivity index (χ2n) is 4.30. The Kier molecular flexibility index (Phi) is 4.12. The monoisotopic (exact) mass is 298 g/mol. The lowest BCUT2D eigenvalue weighted by Crippen LogP contribution is -2.45. The van der Waals surface area contributed by atoms with Gasteiger partial charge in [-0.2, -0.15) is 0 Å². The summed E-state index contributed by atoms with van der Waals surface area (Å²) in [5.41, 5.74) is 0.560. The van der Waals surface area contributed by atoms with E-state index in [0.717, 1.165) is 25.7 Å². The number of halogens is 1. The zero-order valence-corrected chi connectivity index (χ0v) is 11.0. The van der Waals surface area contributed by atoms with Gasteiger partial charge in [0, 0.05) is 11.8 Å². The molecule has 2 atom stereocenters. The number of hydrogen-bond donors (Lipinski definition) is 2. The third-order valence-electron chi connectivity index (χ3n) is 3.03. The van der Waals surface area contributed by atoms with Crippen LogP contribution in [-0.2, 0) is 0 Å². The summed E-state index contributed by atoms with van der Waals surface area (Å²) in [6.07, 6.45) is 4.87. The summed E-state index contributed by atoms with van der Waals surface area (Å²) in [7, 11) is 0. The van der Waals surface area contributed by atoms with Gasteiger partial charge in [-0.1, -0.05) is 12.8 Å². The third kappa shape index (κ3) is 3.26. The Morgan fingerprint density at radius 3 is 2.94 bits per heavy atom. The topological polar surface area (TPSA) is 62.2 Å². The number of amides is 1. The van der Waals surface area contributed by atoms with Crippen LogP contribution >= 0.6 is 15.9 Å². The van der Waals surface area contributed by atoms with Gasteiger partial charge >= 0.3 is 0 Å². The summed E-state index contributed by atoms with van der Waals surface area (Å²) in [4.78, 5) is 15.9. The maximum atomic E-state index is 11.9. The molecule has 17 heavy (non-hydrogen) atoms. The first kappa shape index (κ1) is 12.5. The van der Waals surface area contributed by atoms with Crippen molar-refractivity contribution in [3.05, 3.63) is 28.5 Å². The van der Waals surface area contributed by atoms with Crippen LogP contribution in [0.5, 0.6) is 0 Å². The maximum Gasteiger partial charge on any atom is 0.251 e. The highest BCUT2D eigenvalue weighted by Crippen LogP contribution is 2.19. The molecule has 0 saturated heterocycles. The van der Waals surface area contributed by atoms with Crippen LogP contribution in [0.25, 0.3) is 0 Å². The molecule has 2 N–H and O–H groups in total. The zero-order valence-electron chi connectivity index (χ0n) is 9.40. The third-order valence-corrected chi connectivity index (χ3v) is 3.47. The number of aliphatic hydroxyl groups excluding tert-OH is 1. The predicted molar refractivity (Wildman–Crippen MR) is 67.7 cm³/mol. The van der Waals surface area contributed by atoms with E-state index in [9.17, 15) is 9.90 Å². The van der Waals surface area contributed by atoms with Gasteiger partial charge < -0.3 is 10.4 Å². The molecule has 1 aromatic rings. The molecule has 0 radical (unpaired) electrons. The number of aromatic nitrogens is 1. The van der Waals surface area contributed by atoms with E-state index in [1.807, 2.05) is 0 Å². The van der Waals surface area contributed by atoms with Crippen molar-refractivity contribution in [3.8, 4) is 0 Å². The van der Waals surface area contributed by atoms with E-state index in [1.165, 1.54) is 0 Å². The van der Waals surface area contributed by atoms with Crippen molar-refractivity contribution in [2.75, 3.05) is 0 Å². The highest BCUT2D eigenvalue weighted by molar-refractivity contribution is 9.10. The van der Waals surface area contributed by atoms with Gasteiger partial charge in [0.05, 0.1) is 12.1 Å². The van der Waals surface area contributed by atoms with Crippen LogP contribution in [0.2, 0.25) is 0 Å². The number of nitrogens with one attached hydrogen (secondary N) is 1. The summed E-state index contributed by atoms with van der Waals surface area (Å²) in [5.74, 6) is -0.154. The predicted octanol–water partition coefficient (Wildman–Crippen LogP) is 1.88. The fraction of sp³-hybridized carbons (Fsp3) is 0.500. The minimum atomic E-state index is -0.419. The van der Waals surface area contributed by atoms with E-state index in [0.29, 0.717) is 10.2 Å². The fourth-order valence-corrected chi connectivity index (χ4v) is 2.44. The highest BCUT2D eigenvalue weighted by Gasteiger charge is 2.24. The molecule has 1 fully saturated rings. The Morgan fingerprint density at radius 2 is 2.24 bits per heavy atom. The summed E-state index contributed by atoms with van der Waals surface area (Å²) in [6.45, 7) is 0. The quantitative estimate of drug-likeness (QED) is 0.820. The minimum Gasteiger partial charge on any atom is -0.391 e. The molecule has 1 aliphatic rings. The van der Waals surface area contributed by atoms with Crippen molar-refractivity contribution in [2.45, 2.75) is 37.8 Å². The van der Waals surface area contributed by atoms with Crippen LogP contribution in [-0.4, -0.2) is 28.1 Å². The molecule has 1 saturated carbocycles. The zero-order chi connectivity index (χ0) is 12.3. The van der Waals surface area contributed by atoms with E-state index < -0.39 is 6.10 Å². The second-order valence-corrected chi connectivity index (χ2v) is 5.11. The Hall–Kier alpha value is -0.940. The number of carbonyl (C=O) groups is 1. The molecule has 5 heteroatoms. The Bertz CT molecular complexity index is 411. The van der Waals surface area contributed by atoms with E-state index >= 15 is 0 Å². The van der Waals surface area contributed by atoms with Crippen molar-refractivity contribution >= 4 is 21.8 Å². The van der Waals surface area contributed by atoms with E-state index in [4.69, 9.17) is 0 Å². The molecule has 0 aromatic carbocycles. The molecule has 2 rings (SSSR count). The molecule has 4 nitrogen and oxygen atoms in total. The first-order chi connectivity index (χ1) is 8.16. The molecule has 92 valence electrons. The number of rotatable bonds is 2. The Morgan fingerprint density at radius 1 is 1.47 bits per heavy atom. The molecule has 0 aliphatic heterocycles. The summed E-state index contributed by atoms with van der Waals surface area (Å²) >= 11 is 3.23. The molecule has 0 bridgehead atoms. The molecule has 1 heterocycles. The first-order valence-corrected chi connectivity index (χ1v) is 6.56. The van der Waals surface area contributed by atoms with Gasteiger partial charge in [-0.15, -0.1) is 0 Å². The smallest absolute Gasteiger partial charge is 0.251 e. The van der Waals surface area contributed by atoms with Crippen LogP contribution in [0.15, 0.2) is 22.9 Å². The molecular weight excluding hydrogens is 284 g/mol. The van der Waals surface area contributed by atoms with Gasteiger partial charge in [0.25, 0.3) is 5.91 Å². The molecule has 0 spiro atoms. The number of carbonyl (C=O) groups excluding carboxylic acids is 1. The summed E-state index contributed by atoms with van der Waals surface area (Å²) in [6, 6.07) is 3.21. The first-order valence-electron chi connectivity index (χ1n) is 5.77. The fourth-order valence-electron chi connectivity index (χ4n) is 2.08. The SMILES string of the molecule is O=C(N[C@H]1CCCC[C@@H]1O)c1ccnc(Br)c1. The van der Waals surface area contributed by atoms with Crippen molar-refractivity contribution in [2.24, 2.45) is 0 Å². The van der Waals surface area contributed by atoms with Crippen LogP contribution in [0.4, 0.5) is 0 Å². The van der Waals surface area contributed by atoms with Gasteiger partial charge in [0.2, 0.25) is 0 Å². The highest BCUT2D eigenvalue weighted by atomic mass is 79.9. The van der Waals surface area contributed by atoms with E-state index in [-0.39, 0.29) is 11.9 Å². The van der Waals surface area contributed by atoms with Crippen LogP contribution in [0.1, 0.15) is 36.0 Å². The lowest BCUT2D eigenvalue weighted by atomic mass is 9.92. The average molecular weight is 299 g/mol. The van der Waals surface area contributed by atoms with Crippen LogP contribution in [0, 0.1) is 0 Å². The molecule has 1 amide bonds. The van der Waals surface area contributed by atoms with Gasteiger partial charge in [0.15, 0.2) is 0 Å². The van der Waals surface area contributed by atoms with Gasteiger partial charge in [-0.3, -0.25) is 4.79 Å². The minimum absolute atomic E-state index is 0.122. The van der Waals surface area contributed by atoms with Crippen molar-refractivity contribution in [1.82, 2.24) is 10.3 Å². The molecule has 0 unspecified atom stereocenters. The number of nitrogens with zero attached hydrogens (tertiary/aromatic N) is 1.